The smallest absolute Gasteiger partial charge is 0.191 e. The maximum atomic E-state index is 5.34. The van der Waals surface area contributed by atoms with E-state index in [-0.39, 0.29) is 0 Å². The fourth-order valence-corrected chi connectivity index (χ4v) is 2.15. The average molecular weight is 261 g/mol. The number of nitrogens with zero attached hydrogens (tertiary/aromatic N) is 1. The van der Waals surface area contributed by atoms with Gasteiger partial charge in [-0.05, 0) is 43.4 Å². The van der Waals surface area contributed by atoms with Crippen molar-refractivity contribution in [2.75, 3.05) is 26.7 Å². The molecule has 4 heteroatoms. The predicted molar refractivity (Wildman–Crippen MR) is 79.0 cm³/mol. The van der Waals surface area contributed by atoms with E-state index < -0.39 is 0 Å². The SMILES string of the molecule is COc1cc(CCNC2=NCCCCN2)ccc1C. The van der Waals surface area contributed by atoms with Crippen LogP contribution in [0.4, 0.5) is 0 Å². The Balaban J connectivity index is 1.83. The number of nitrogens with one attached hydrogen (secondary N) is 2. The third kappa shape index (κ3) is 4.16. The van der Waals surface area contributed by atoms with Crippen LogP contribution in [0.1, 0.15) is 24.0 Å². The van der Waals surface area contributed by atoms with Gasteiger partial charge in [0.1, 0.15) is 5.75 Å². The zero-order valence-corrected chi connectivity index (χ0v) is 11.8. The van der Waals surface area contributed by atoms with Gasteiger partial charge in [0, 0.05) is 19.6 Å². The van der Waals surface area contributed by atoms with E-state index in [2.05, 4.69) is 40.7 Å². The molecule has 0 aliphatic carbocycles. The summed E-state index contributed by atoms with van der Waals surface area (Å²) in [5, 5.41) is 6.67. The summed E-state index contributed by atoms with van der Waals surface area (Å²) < 4.78 is 5.34. The number of aryl methyl sites for hydroxylation is 1. The Bertz CT molecular complexity index is 443. The molecule has 0 fully saturated rings. The van der Waals surface area contributed by atoms with Gasteiger partial charge in [-0.1, -0.05) is 12.1 Å². The second-order valence-electron chi connectivity index (χ2n) is 4.84. The zero-order valence-electron chi connectivity index (χ0n) is 11.8. The van der Waals surface area contributed by atoms with Gasteiger partial charge in [-0.3, -0.25) is 4.99 Å². The number of hydrogen-bond acceptors (Lipinski definition) is 4. The molecule has 0 amide bonds. The number of rotatable bonds is 4. The zero-order chi connectivity index (χ0) is 13.5. The third-order valence-electron chi connectivity index (χ3n) is 3.33. The van der Waals surface area contributed by atoms with E-state index in [1.54, 1.807) is 7.11 Å². The van der Waals surface area contributed by atoms with Crippen molar-refractivity contribution < 1.29 is 4.74 Å². The van der Waals surface area contributed by atoms with E-state index in [9.17, 15) is 0 Å². The highest BCUT2D eigenvalue weighted by molar-refractivity contribution is 5.79. The number of ether oxygens (including phenoxy) is 1. The first-order chi connectivity index (χ1) is 9.29. The van der Waals surface area contributed by atoms with Gasteiger partial charge >= 0.3 is 0 Å². The van der Waals surface area contributed by atoms with Crippen LogP contribution in [0, 0.1) is 6.92 Å². The molecule has 0 unspecified atom stereocenters. The standard InChI is InChI=1S/C15H23N3O/c1-12-5-6-13(11-14(12)19-2)7-10-18-15-16-8-3-4-9-17-15/h5-6,11H,3-4,7-10H2,1-2H3,(H2,16,17,18). The fraction of sp³-hybridized carbons (Fsp3) is 0.533. The highest BCUT2D eigenvalue weighted by Gasteiger charge is 2.03. The maximum Gasteiger partial charge on any atom is 0.191 e. The molecular weight excluding hydrogens is 238 g/mol. The summed E-state index contributed by atoms with van der Waals surface area (Å²) in [5.41, 5.74) is 2.46. The molecule has 0 spiro atoms. The molecule has 0 atom stereocenters. The molecular formula is C15H23N3O. The third-order valence-corrected chi connectivity index (χ3v) is 3.33. The molecule has 0 saturated carbocycles. The van der Waals surface area contributed by atoms with Crippen LogP contribution in [0.2, 0.25) is 0 Å². The Morgan fingerprint density at radius 1 is 1.37 bits per heavy atom. The van der Waals surface area contributed by atoms with E-state index in [1.165, 1.54) is 24.0 Å². The van der Waals surface area contributed by atoms with Gasteiger partial charge in [-0.15, -0.1) is 0 Å². The quantitative estimate of drug-likeness (QED) is 0.870. The molecule has 1 aliphatic heterocycles. The van der Waals surface area contributed by atoms with E-state index in [1.807, 2.05) is 0 Å². The van der Waals surface area contributed by atoms with Crippen molar-refractivity contribution in [2.45, 2.75) is 26.2 Å². The van der Waals surface area contributed by atoms with Crippen molar-refractivity contribution in [2.24, 2.45) is 4.99 Å². The van der Waals surface area contributed by atoms with Crippen LogP contribution in [0.15, 0.2) is 23.2 Å². The van der Waals surface area contributed by atoms with Gasteiger partial charge < -0.3 is 15.4 Å². The number of aliphatic imine (C=N–C) groups is 1. The molecule has 19 heavy (non-hydrogen) atoms. The number of hydrogen-bond donors (Lipinski definition) is 2. The van der Waals surface area contributed by atoms with Crippen LogP contribution in [-0.2, 0) is 6.42 Å². The summed E-state index contributed by atoms with van der Waals surface area (Å²) in [4.78, 5) is 4.47. The summed E-state index contributed by atoms with van der Waals surface area (Å²) in [6.07, 6.45) is 3.34. The van der Waals surface area contributed by atoms with Crippen LogP contribution in [0.5, 0.6) is 5.75 Å². The van der Waals surface area contributed by atoms with Crippen LogP contribution in [0.3, 0.4) is 0 Å². The normalized spacial score (nSPS) is 15.2. The average Bonchev–Trinajstić information content (AvgIpc) is 2.69. The maximum absolute atomic E-state index is 5.34. The molecule has 1 aromatic rings. The first-order valence-electron chi connectivity index (χ1n) is 6.95. The summed E-state index contributed by atoms with van der Waals surface area (Å²) in [6, 6.07) is 6.37. The lowest BCUT2D eigenvalue weighted by atomic mass is 10.1. The van der Waals surface area contributed by atoms with E-state index in [0.717, 1.165) is 37.8 Å². The molecule has 0 saturated heterocycles. The lowest BCUT2D eigenvalue weighted by molar-refractivity contribution is 0.411. The van der Waals surface area contributed by atoms with Crippen molar-refractivity contribution >= 4 is 5.96 Å². The highest BCUT2D eigenvalue weighted by atomic mass is 16.5. The fourth-order valence-electron chi connectivity index (χ4n) is 2.15. The minimum absolute atomic E-state index is 0.887. The second kappa shape index (κ2) is 7.02. The van der Waals surface area contributed by atoms with E-state index >= 15 is 0 Å². The Morgan fingerprint density at radius 2 is 2.26 bits per heavy atom. The van der Waals surface area contributed by atoms with Gasteiger partial charge in [-0.2, -0.15) is 0 Å². The van der Waals surface area contributed by atoms with Crippen LogP contribution >= 0.6 is 0 Å². The van der Waals surface area contributed by atoms with Crippen molar-refractivity contribution in [3.63, 3.8) is 0 Å². The largest absolute Gasteiger partial charge is 0.496 e. The Morgan fingerprint density at radius 3 is 3.11 bits per heavy atom. The molecule has 0 bridgehead atoms. The van der Waals surface area contributed by atoms with E-state index in [4.69, 9.17) is 4.74 Å². The van der Waals surface area contributed by atoms with Crippen molar-refractivity contribution in [3.8, 4) is 5.75 Å². The van der Waals surface area contributed by atoms with Crippen molar-refractivity contribution in [3.05, 3.63) is 29.3 Å². The van der Waals surface area contributed by atoms with Gasteiger partial charge in [0.15, 0.2) is 5.96 Å². The van der Waals surface area contributed by atoms with Gasteiger partial charge in [0.25, 0.3) is 0 Å². The van der Waals surface area contributed by atoms with Crippen LogP contribution < -0.4 is 15.4 Å². The van der Waals surface area contributed by atoms with Crippen molar-refractivity contribution in [1.29, 1.82) is 0 Å². The monoisotopic (exact) mass is 261 g/mol. The minimum Gasteiger partial charge on any atom is -0.496 e. The van der Waals surface area contributed by atoms with Crippen LogP contribution in [-0.4, -0.2) is 32.7 Å². The van der Waals surface area contributed by atoms with Gasteiger partial charge in [0.05, 0.1) is 7.11 Å². The summed E-state index contributed by atoms with van der Waals surface area (Å²) in [5.74, 6) is 1.90. The second-order valence-corrected chi connectivity index (χ2v) is 4.84. The molecule has 0 aromatic heterocycles. The van der Waals surface area contributed by atoms with E-state index in [0.29, 0.717) is 0 Å². The summed E-state index contributed by atoms with van der Waals surface area (Å²) in [7, 11) is 1.72. The minimum atomic E-state index is 0.887. The lowest BCUT2D eigenvalue weighted by Gasteiger charge is -2.11. The van der Waals surface area contributed by atoms with Crippen LogP contribution in [0.25, 0.3) is 0 Å². The summed E-state index contributed by atoms with van der Waals surface area (Å²) in [6.45, 7) is 4.89. The molecule has 104 valence electrons. The lowest BCUT2D eigenvalue weighted by Crippen LogP contribution is -2.38. The number of benzene rings is 1. The Hall–Kier alpha value is -1.71. The molecule has 2 N–H and O–H groups in total. The molecule has 1 aromatic carbocycles. The predicted octanol–water partition coefficient (Wildman–Crippen LogP) is 1.88. The highest BCUT2D eigenvalue weighted by Crippen LogP contribution is 2.18. The molecule has 1 aliphatic rings. The molecule has 0 radical (unpaired) electrons. The summed E-state index contributed by atoms with van der Waals surface area (Å²) >= 11 is 0. The van der Waals surface area contributed by atoms with Gasteiger partial charge in [-0.25, -0.2) is 0 Å². The Labute approximate surface area is 115 Å². The Kier molecular flexibility index (Phi) is 5.07. The molecule has 2 rings (SSSR count). The van der Waals surface area contributed by atoms with Crippen molar-refractivity contribution in [1.82, 2.24) is 10.6 Å². The first-order valence-corrected chi connectivity index (χ1v) is 6.95. The molecule has 4 nitrogen and oxygen atoms in total. The first kappa shape index (κ1) is 13.7. The molecule has 1 heterocycles. The van der Waals surface area contributed by atoms with Gasteiger partial charge in [0.2, 0.25) is 0 Å². The topological polar surface area (TPSA) is 45.6 Å². The number of methoxy groups -OCH3 is 1. The number of guanidine groups is 1.